The fourth-order valence-corrected chi connectivity index (χ4v) is 5.57. The number of nitrogens with zero attached hydrogens (tertiary/aromatic N) is 2. The average molecular weight is 520 g/mol. The van der Waals surface area contributed by atoms with Gasteiger partial charge < -0.3 is 40.9 Å². The highest BCUT2D eigenvalue weighted by atomic mass is 31.3. The Morgan fingerprint density at radius 3 is 2.47 bits per heavy atom. The first-order valence-electron chi connectivity index (χ1n) is 8.26. The minimum absolute atomic E-state index is 0.127. The Kier molecular flexibility index (Phi) is 8.20. The third-order valence-corrected chi connectivity index (χ3v) is 7.66. The zero-order valence-corrected chi connectivity index (χ0v) is 18.5. The molecular formula is C12H19N4O13P3. The number of hydrogen-bond donors (Lipinski definition) is 7. The van der Waals surface area contributed by atoms with Crippen molar-refractivity contribution in [2.24, 2.45) is 5.73 Å². The summed E-state index contributed by atoms with van der Waals surface area (Å²) in [4.78, 5) is 51.3. The number of rotatable bonds is 9. The fraction of sp³-hybridized carbons (Fsp3) is 0.500. The summed E-state index contributed by atoms with van der Waals surface area (Å²) < 4.78 is 51.6. The molecule has 9 N–H and O–H groups in total. The van der Waals surface area contributed by atoms with Gasteiger partial charge in [-0.15, -0.1) is 6.42 Å². The number of ether oxygens (including phenoxy) is 1. The van der Waals surface area contributed by atoms with Gasteiger partial charge in [-0.2, -0.15) is 13.6 Å². The van der Waals surface area contributed by atoms with Crippen molar-refractivity contribution >= 4 is 29.3 Å². The molecule has 32 heavy (non-hydrogen) atoms. The van der Waals surface area contributed by atoms with E-state index < -0.39 is 60.2 Å². The largest absolute Gasteiger partial charge is 0.490 e. The molecule has 1 fully saturated rings. The molecule has 1 aromatic rings. The Labute approximate surface area is 179 Å². The maximum atomic E-state index is 12.1. The maximum absolute atomic E-state index is 12.1. The molecule has 17 nitrogen and oxygen atoms in total. The lowest BCUT2D eigenvalue weighted by atomic mass is 10.1. The predicted octanol–water partition coefficient (Wildman–Crippen LogP) is -1.55. The van der Waals surface area contributed by atoms with Gasteiger partial charge in [0.1, 0.15) is 18.1 Å². The van der Waals surface area contributed by atoms with Crippen LogP contribution in [-0.4, -0.2) is 53.0 Å². The molecule has 0 bridgehead atoms. The number of hydrogen-bond acceptors (Lipinski definition) is 12. The summed E-state index contributed by atoms with van der Waals surface area (Å²) in [6.07, 6.45) is 2.33. The SMILES string of the molecule is C#CC(N)c1cn([C@H]2CC(O)[C@@H](COP(=O)(O)OP(=O)(O)OP(=O)(O)O)O2)c(=O)nc1N. The van der Waals surface area contributed by atoms with Gasteiger partial charge in [-0.3, -0.25) is 9.09 Å². The van der Waals surface area contributed by atoms with Crippen LogP contribution in [0, 0.1) is 12.3 Å². The molecule has 1 aliphatic rings. The van der Waals surface area contributed by atoms with Crippen LogP contribution in [0.4, 0.5) is 5.82 Å². The lowest BCUT2D eigenvalue weighted by molar-refractivity contribution is -0.0450. The number of nitrogen functional groups attached to an aromatic ring is 1. The molecule has 1 aliphatic heterocycles. The van der Waals surface area contributed by atoms with Crippen LogP contribution in [0.3, 0.4) is 0 Å². The highest BCUT2D eigenvalue weighted by molar-refractivity contribution is 7.66. The number of aromatic nitrogens is 2. The second-order valence-corrected chi connectivity index (χ2v) is 10.7. The van der Waals surface area contributed by atoms with Gasteiger partial charge >= 0.3 is 29.2 Å². The number of anilines is 1. The van der Waals surface area contributed by atoms with Crippen molar-refractivity contribution in [3.63, 3.8) is 0 Å². The Balaban J connectivity index is 2.09. The van der Waals surface area contributed by atoms with Gasteiger partial charge in [0.2, 0.25) is 0 Å². The van der Waals surface area contributed by atoms with E-state index in [1.54, 1.807) is 0 Å². The van der Waals surface area contributed by atoms with E-state index in [-0.39, 0.29) is 17.8 Å². The predicted molar refractivity (Wildman–Crippen MR) is 103 cm³/mol. The van der Waals surface area contributed by atoms with Crippen LogP contribution in [-0.2, 0) is 31.6 Å². The molecule has 20 heteroatoms. The Bertz CT molecular complexity index is 1100. The highest BCUT2D eigenvalue weighted by Gasteiger charge is 2.43. The second kappa shape index (κ2) is 9.80. The van der Waals surface area contributed by atoms with Crippen LogP contribution in [0.15, 0.2) is 11.0 Å². The third-order valence-electron chi connectivity index (χ3n) is 3.86. The summed E-state index contributed by atoms with van der Waals surface area (Å²) in [5.74, 6) is 1.99. The Morgan fingerprint density at radius 2 is 1.91 bits per heavy atom. The molecule has 0 radical (unpaired) electrons. The molecule has 0 spiro atoms. The molecule has 180 valence electrons. The van der Waals surface area contributed by atoms with Crippen LogP contribution >= 0.6 is 23.5 Å². The van der Waals surface area contributed by atoms with E-state index >= 15 is 0 Å². The number of nitrogens with two attached hydrogens (primary N) is 2. The zero-order chi connectivity index (χ0) is 24.5. The van der Waals surface area contributed by atoms with E-state index in [1.165, 1.54) is 6.20 Å². The van der Waals surface area contributed by atoms with E-state index in [9.17, 15) is 28.5 Å². The van der Waals surface area contributed by atoms with Crippen LogP contribution in [0.2, 0.25) is 0 Å². The van der Waals surface area contributed by atoms with Crippen LogP contribution in [0.1, 0.15) is 24.3 Å². The van der Waals surface area contributed by atoms with Crippen LogP contribution in [0.25, 0.3) is 0 Å². The topological polar surface area (TPSA) is 276 Å². The van der Waals surface area contributed by atoms with E-state index in [4.69, 9.17) is 37.3 Å². The smallest absolute Gasteiger partial charge is 0.390 e. The molecule has 0 saturated carbocycles. The fourth-order valence-electron chi connectivity index (χ4n) is 2.54. The van der Waals surface area contributed by atoms with E-state index in [0.717, 1.165) is 4.57 Å². The van der Waals surface area contributed by atoms with Crippen LogP contribution < -0.4 is 17.2 Å². The van der Waals surface area contributed by atoms with E-state index in [1.807, 2.05) is 0 Å². The van der Waals surface area contributed by atoms with Gasteiger partial charge in [0.25, 0.3) is 0 Å². The molecule has 1 aromatic heterocycles. The van der Waals surface area contributed by atoms with Crippen molar-refractivity contribution in [3.8, 4) is 12.3 Å². The molecule has 6 atom stereocenters. The maximum Gasteiger partial charge on any atom is 0.490 e. The minimum atomic E-state index is -5.70. The molecular weight excluding hydrogens is 501 g/mol. The lowest BCUT2D eigenvalue weighted by Gasteiger charge is -2.20. The van der Waals surface area contributed by atoms with E-state index in [2.05, 4.69) is 24.0 Å². The first kappa shape index (κ1) is 26.8. The van der Waals surface area contributed by atoms with Crippen molar-refractivity contribution in [3.05, 3.63) is 22.2 Å². The monoisotopic (exact) mass is 520 g/mol. The van der Waals surface area contributed by atoms with Gasteiger partial charge in [0.15, 0.2) is 0 Å². The molecule has 4 unspecified atom stereocenters. The zero-order valence-electron chi connectivity index (χ0n) is 15.8. The molecule has 0 aromatic carbocycles. The number of terminal acetylenes is 1. The molecule has 1 saturated heterocycles. The standard InChI is InChI=1S/C12H19N4O13P3/c1-2-7(13)6-4-16(12(18)15-11(6)14)10-3-8(17)9(27-10)5-26-31(22,23)29-32(24,25)28-30(19,20)21/h1,4,7-10,17H,3,5,13H2,(H,22,23)(H,24,25)(H2,14,15,18)(H2,19,20,21)/t7?,8?,9-,10-/m1/s1. The molecule has 2 rings (SSSR count). The Morgan fingerprint density at radius 1 is 1.28 bits per heavy atom. The highest BCUT2D eigenvalue weighted by Crippen LogP contribution is 2.66. The molecule has 2 heterocycles. The number of phosphoric acid groups is 3. The van der Waals surface area contributed by atoms with Gasteiger partial charge in [-0.25, -0.2) is 18.5 Å². The Hall–Kier alpha value is -1.47. The van der Waals surface area contributed by atoms with Gasteiger partial charge in [-0.05, 0) is 0 Å². The number of aliphatic hydroxyl groups excluding tert-OH is 1. The van der Waals surface area contributed by atoms with Crippen LogP contribution in [0.5, 0.6) is 0 Å². The van der Waals surface area contributed by atoms with Gasteiger partial charge in [0, 0.05) is 18.2 Å². The number of aliphatic hydroxyl groups is 1. The third kappa shape index (κ3) is 7.27. The van der Waals surface area contributed by atoms with Crippen molar-refractivity contribution in [2.75, 3.05) is 12.3 Å². The second-order valence-electron chi connectivity index (χ2n) is 6.23. The van der Waals surface area contributed by atoms with Crippen molar-refractivity contribution in [1.29, 1.82) is 0 Å². The average Bonchev–Trinajstić information content (AvgIpc) is 2.97. The first-order chi connectivity index (χ1) is 14.5. The lowest BCUT2D eigenvalue weighted by Crippen LogP contribution is -2.30. The summed E-state index contributed by atoms with van der Waals surface area (Å²) >= 11 is 0. The summed E-state index contributed by atoms with van der Waals surface area (Å²) in [5, 5.41) is 10.1. The van der Waals surface area contributed by atoms with Crippen molar-refractivity contribution < 1.29 is 56.3 Å². The van der Waals surface area contributed by atoms with Gasteiger partial charge in [-0.1, -0.05) is 5.92 Å². The summed E-state index contributed by atoms with van der Waals surface area (Å²) in [6.45, 7) is -0.908. The summed E-state index contributed by atoms with van der Waals surface area (Å²) in [6, 6.07) is -0.998. The number of phosphoric ester groups is 1. The van der Waals surface area contributed by atoms with Crippen molar-refractivity contribution in [2.45, 2.75) is 30.9 Å². The van der Waals surface area contributed by atoms with Gasteiger partial charge in [0.05, 0.1) is 18.8 Å². The minimum Gasteiger partial charge on any atom is -0.390 e. The first-order valence-corrected chi connectivity index (χ1v) is 12.8. The molecule has 0 amide bonds. The quantitative estimate of drug-likeness (QED) is 0.143. The normalized spacial score (nSPS) is 26.1. The van der Waals surface area contributed by atoms with E-state index in [0.29, 0.717) is 0 Å². The summed E-state index contributed by atoms with van der Waals surface area (Å²) in [7, 11) is -16.7. The molecule has 0 aliphatic carbocycles. The van der Waals surface area contributed by atoms with Crippen molar-refractivity contribution in [1.82, 2.24) is 9.55 Å². The summed E-state index contributed by atoms with van der Waals surface area (Å²) in [5.41, 5.74) is 10.6.